The Morgan fingerprint density at radius 2 is 2.10 bits per heavy atom. The summed E-state index contributed by atoms with van der Waals surface area (Å²) in [5.74, 6) is 0.140. The third kappa shape index (κ3) is 3.86. The fraction of sp³-hybridized carbons (Fsp3) is 0.200. The van der Waals surface area contributed by atoms with Crippen LogP contribution in [0.5, 0.6) is 5.75 Å². The standard InChI is InChI=1S/C15H15ClN2O3/c1-9-5-12(20-2)7-11(18-9)8-21-15(19)13-4-3-10(17)6-14(13)16/h3-7H,8,17H2,1-2H3. The number of methoxy groups -OCH3 is 1. The number of rotatable bonds is 4. The molecule has 0 bridgehead atoms. The van der Waals surface area contributed by atoms with Gasteiger partial charge in [-0.1, -0.05) is 11.6 Å². The maximum atomic E-state index is 12.0. The van der Waals surface area contributed by atoms with Gasteiger partial charge in [0.2, 0.25) is 0 Å². The van der Waals surface area contributed by atoms with Crippen molar-refractivity contribution < 1.29 is 14.3 Å². The van der Waals surface area contributed by atoms with Crippen molar-refractivity contribution in [2.24, 2.45) is 0 Å². The lowest BCUT2D eigenvalue weighted by Gasteiger charge is -2.08. The van der Waals surface area contributed by atoms with Gasteiger partial charge in [-0.25, -0.2) is 4.79 Å². The van der Waals surface area contributed by atoms with Crippen molar-refractivity contribution in [1.29, 1.82) is 0 Å². The minimum Gasteiger partial charge on any atom is -0.497 e. The first-order valence-electron chi connectivity index (χ1n) is 6.23. The number of anilines is 1. The van der Waals surface area contributed by atoms with E-state index in [4.69, 9.17) is 26.8 Å². The lowest BCUT2D eigenvalue weighted by atomic mass is 10.2. The lowest BCUT2D eigenvalue weighted by molar-refractivity contribution is 0.0467. The summed E-state index contributed by atoms with van der Waals surface area (Å²) in [6.07, 6.45) is 0. The largest absolute Gasteiger partial charge is 0.497 e. The molecule has 0 saturated carbocycles. The van der Waals surface area contributed by atoms with Crippen LogP contribution in [0.15, 0.2) is 30.3 Å². The molecular weight excluding hydrogens is 292 g/mol. The molecule has 0 saturated heterocycles. The highest BCUT2D eigenvalue weighted by Crippen LogP contribution is 2.21. The number of esters is 1. The summed E-state index contributed by atoms with van der Waals surface area (Å²) in [7, 11) is 1.57. The maximum absolute atomic E-state index is 12.0. The molecule has 0 aliphatic carbocycles. The summed E-state index contributed by atoms with van der Waals surface area (Å²) in [6, 6.07) is 8.14. The van der Waals surface area contributed by atoms with Gasteiger partial charge in [-0.15, -0.1) is 0 Å². The number of aryl methyl sites for hydroxylation is 1. The minimum atomic E-state index is -0.526. The summed E-state index contributed by atoms with van der Waals surface area (Å²) in [6.45, 7) is 1.88. The van der Waals surface area contributed by atoms with E-state index in [9.17, 15) is 4.79 Å². The first kappa shape index (κ1) is 15.1. The van der Waals surface area contributed by atoms with Gasteiger partial charge in [-0.05, 0) is 25.1 Å². The minimum absolute atomic E-state index is 0.0393. The Morgan fingerprint density at radius 3 is 2.76 bits per heavy atom. The number of nitrogens with two attached hydrogens (primary N) is 1. The molecule has 2 N–H and O–H groups in total. The third-order valence-corrected chi connectivity index (χ3v) is 3.09. The van der Waals surface area contributed by atoms with Crippen LogP contribution in [-0.4, -0.2) is 18.1 Å². The molecule has 1 aromatic heterocycles. The second kappa shape index (κ2) is 6.45. The van der Waals surface area contributed by atoms with E-state index in [1.165, 1.54) is 12.1 Å². The zero-order valence-corrected chi connectivity index (χ0v) is 12.5. The summed E-state index contributed by atoms with van der Waals surface area (Å²) >= 11 is 5.96. The van der Waals surface area contributed by atoms with Crippen LogP contribution in [0.3, 0.4) is 0 Å². The van der Waals surface area contributed by atoms with E-state index in [0.29, 0.717) is 17.1 Å². The predicted octanol–water partition coefficient (Wildman–Crippen LogP) is 2.99. The first-order valence-corrected chi connectivity index (χ1v) is 6.61. The number of hydrogen-bond acceptors (Lipinski definition) is 5. The van der Waals surface area contributed by atoms with Crippen LogP contribution in [0.1, 0.15) is 21.7 Å². The second-order valence-electron chi connectivity index (χ2n) is 4.46. The molecule has 2 aromatic rings. The molecule has 1 heterocycles. The second-order valence-corrected chi connectivity index (χ2v) is 4.86. The predicted molar refractivity (Wildman–Crippen MR) is 80.5 cm³/mol. The third-order valence-electron chi connectivity index (χ3n) is 2.78. The normalized spacial score (nSPS) is 10.2. The first-order chi connectivity index (χ1) is 9.99. The average Bonchev–Trinajstić information content (AvgIpc) is 2.44. The number of ether oxygens (including phenoxy) is 2. The summed E-state index contributed by atoms with van der Waals surface area (Å²) in [4.78, 5) is 16.3. The molecule has 0 atom stereocenters. The van der Waals surface area contributed by atoms with Crippen molar-refractivity contribution >= 4 is 23.3 Å². The highest BCUT2D eigenvalue weighted by Gasteiger charge is 2.13. The van der Waals surface area contributed by atoms with E-state index in [-0.39, 0.29) is 17.2 Å². The summed E-state index contributed by atoms with van der Waals surface area (Å²) in [5, 5.41) is 0.259. The van der Waals surface area contributed by atoms with E-state index in [1.807, 2.05) is 6.92 Å². The molecule has 0 radical (unpaired) electrons. The van der Waals surface area contributed by atoms with Crippen LogP contribution in [0.4, 0.5) is 5.69 Å². The lowest BCUT2D eigenvalue weighted by Crippen LogP contribution is -2.07. The van der Waals surface area contributed by atoms with Gasteiger partial charge in [0, 0.05) is 23.5 Å². The van der Waals surface area contributed by atoms with E-state index in [1.54, 1.807) is 25.3 Å². The Hall–Kier alpha value is -2.27. The number of aromatic nitrogens is 1. The number of pyridine rings is 1. The van der Waals surface area contributed by atoms with Gasteiger partial charge in [0.05, 0.1) is 23.4 Å². The number of halogens is 1. The molecule has 0 unspecified atom stereocenters. The maximum Gasteiger partial charge on any atom is 0.340 e. The highest BCUT2D eigenvalue weighted by atomic mass is 35.5. The summed E-state index contributed by atoms with van der Waals surface area (Å²) in [5.41, 5.74) is 7.72. The van der Waals surface area contributed by atoms with Crippen LogP contribution < -0.4 is 10.5 Å². The van der Waals surface area contributed by atoms with Crippen molar-refractivity contribution in [1.82, 2.24) is 4.98 Å². The van der Waals surface area contributed by atoms with Gasteiger partial charge in [0.25, 0.3) is 0 Å². The molecule has 0 spiro atoms. The van der Waals surface area contributed by atoms with Crippen LogP contribution in [0.25, 0.3) is 0 Å². The number of carbonyl (C=O) groups is 1. The van der Waals surface area contributed by atoms with Crippen LogP contribution in [0, 0.1) is 6.92 Å². The van der Waals surface area contributed by atoms with E-state index in [0.717, 1.165) is 5.69 Å². The Morgan fingerprint density at radius 1 is 1.33 bits per heavy atom. The van der Waals surface area contributed by atoms with Crippen molar-refractivity contribution in [2.75, 3.05) is 12.8 Å². The molecule has 6 heteroatoms. The number of nitrogens with zero attached hydrogens (tertiary/aromatic N) is 1. The zero-order chi connectivity index (χ0) is 15.4. The molecule has 110 valence electrons. The molecule has 0 fully saturated rings. The molecule has 21 heavy (non-hydrogen) atoms. The number of carbonyl (C=O) groups excluding carboxylic acids is 1. The van der Waals surface area contributed by atoms with Crippen molar-refractivity contribution in [3.63, 3.8) is 0 Å². The molecule has 1 aromatic carbocycles. The van der Waals surface area contributed by atoms with Crippen LogP contribution >= 0.6 is 11.6 Å². The smallest absolute Gasteiger partial charge is 0.340 e. The Bertz CT molecular complexity index is 674. The van der Waals surface area contributed by atoms with Gasteiger partial charge >= 0.3 is 5.97 Å². The van der Waals surface area contributed by atoms with Crippen LogP contribution in [0.2, 0.25) is 5.02 Å². The Kier molecular flexibility index (Phi) is 4.65. The molecule has 0 amide bonds. The van der Waals surface area contributed by atoms with Crippen molar-refractivity contribution in [3.8, 4) is 5.75 Å². The number of nitrogen functional groups attached to an aromatic ring is 1. The fourth-order valence-corrected chi connectivity index (χ4v) is 2.07. The Labute approximate surface area is 127 Å². The van der Waals surface area contributed by atoms with Crippen LogP contribution in [-0.2, 0) is 11.3 Å². The Balaban J connectivity index is 2.09. The van der Waals surface area contributed by atoms with Gasteiger partial charge in [-0.3, -0.25) is 4.98 Å². The van der Waals surface area contributed by atoms with Gasteiger partial charge in [0.1, 0.15) is 12.4 Å². The SMILES string of the molecule is COc1cc(C)nc(COC(=O)c2ccc(N)cc2Cl)c1. The zero-order valence-electron chi connectivity index (χ0n) is 11.7. The number of hydrogen-bond donors (Lipinski definition) is 1. The molecule has 0 aliphatic heterocycles. The quantitative estimate of drug-likeness (QED) is 0.694. The topological polar surface area (TPSA) is 74.4 Å². The van der Waals surface area contributed by atoms with E-state index < -0.39 is 5.97 Å². The molecule has 5 nitrogen and oxygen atoms in total. The van der Waals surface area contributed by atoms with Crippen molar-refractivity contribution in [3.05, 3.63) is 52.3 Å². The molecule has 0 aliphatic rings. The monoisotopic (exact) mass is 306 g/mol. The average molecular weight is 307 g/mol. The van der Waals surface area contributed by atoms with Gasteiger partial charge < -0.3 is 15.2 Å². The molecule has 2 rings (SSSR count). The van der Waals surface area contributed by atoms with E-state index >= 15 is 0 Å². The van der Waals surface area contributed by atoms with E-state index in [2.05, 4.69) is 4.98 Å². The summed E-state index contributed by atoms with van der Waals surface area (Å²) < 4.78 is 10.4. The number of benzene rings is 1. The van der Waals surface area contributed by atoms with Crippen molar-refractivity contribution in [2.45, 2.75) is 13.5 Å². The molecular formula is C15H15ClN2O3. The highest BCUT2D eigenvalue weighted by molar-refractivity contribution is 6.33. The van der Waals surface area contributed by atoms with Gasteiger partial charge in [0.15, 0.2) is 0 Å². The van der Waals surface area contributed by atoms with Gasteiger partial charge in [-0.2, -0.15) is 0 Å². The fourth-order valence-electron chi connectivity index (χ4n) is 1.81.